The highest BCUT2D eigenvalue weighted by atomic mass is 35.5. The van der Waals surface area contributed by atoms with Crippen LogP contribution >= 0.6 is 22.9 Å². The van der Waals surface area contributed by atoms with Crippen molar-refractivity contribution in [2.24, 2.45) is 0 Å². The molecule has 0 spiro atoms. The molecule has 2 aromatic rings. The lowest BCUT2D eigenvalue weighted by molar-refractivity contribution is 0.0934. The van der Waals surface area contributed by atoms with Gasteiger partial charge in [-0.3, -0.25) is 4.79 Å². The maximum absolute atomic E-state index is 11.9. The van der Waals surface area contributed by atoms with Crippen molar-refractivity contribution in [3.8, 4) is 5.75 Å². The lowest BCUT2D eigenvalue weighted by atomic mass is 10.2. The van der Waals surface area contributed by atoms with Crippen LogP contribution in [-0.2, 0) is 6.61 Å². The van der Waals surface area contributed by atoms with Crippen molar-refractivity contribution in [2.75, 3.05) is 0 Å². The molecule has 2 rings (SSSR count). The Morgan fingerprint density at radius 2 is 2.14 bits per heavy atom. The number of halogens is 1. The summed E-state index contributed by atoms with van der Waals surface area (Å²) in [5.74, 6) is 0.582. The average Bonchev–Trinajstić information content (AvgIpc) is 2.95. The van der Waals surface area contributed by atoms with Crippen LogP contribution in [0.15, 0.2) is 29.6 Å². The number of nitrogens with one attached hydrogen (secondary N) is 1. The van der Waals surface area contributed by atoms with Crippen molar-refractivity contribution >= 4 is 28.8 Å². The monoisotopic (exact) mass is 324 g/mol. The topological polar surface area (TPSA) is 51.2 Å². The zero-order chi connectivity index (χ0) is 15.2. The SMILES string of the molecule is CC[C@@H](C)NC(=O)c1csc(COc2ccc(Cl)cc2)n1. The number of nitrogens with zero attached hydrogens (tertiary/aromatic N) is 1. The summed E-state index contributed by atoms with van der Waals surface area (Å²) < 4.78 is 5.60. The third-order valence-electron chi connectivity index (χ3n) is 2.95. The highest BCUT2D eigenvalue weighted by Crippen LogP contribution is 2.18. The fourth-order valence-corrected chi connectivity index (χ4v) is 2.37. The number of hydrogen-bond acceptors (Lipinski definition) is 4. The van der Waals surface area contributed by atoms with E-state index in [4.69, 9.17) is 16.3 Å². The number of thiazole rings is 1. The first-order valence-corrected chi connectivity index (χ1v) is 7.98. The van der Waals surface area contributed by atoms with Crippen molar-refractivity contribution in [2.45, 2.75) is 32.9 Å². The Bertz CT molecular complexity index is 598. The van der Waals surface area contributed by atoms with E-state index in [2.05, 4.69) is 10.3 Å². The van der Waals surface area contributed by atoms with Gasteiger partial charge in [0.2, 0.25) is 0 Å². The molecule has 0 saturated carbocycles. The molecule has 6 heteroatoms. The highest BCUT2D eigenvalue weighted by Gasteiger charge is 2.12. The quantitative estimate of drug-likeness (QED) is 0.876. The molecule has 1 aromatic carbocycles. The zero-order valence-corrected chi connectivity index (χ0v) is 13.5. The third-order valence-corrected chi connectivity index (χ3v) is 4.02. The summed E-state index contributed by atoms with van der Waals surface area (Å²) in [6.45, 7) is 4.33. The number of benzene rings is 1. The minimum Gasteiger partial charge on any atom is -0.486 e. The van der Waals surface area contributed by atoms with Crippen LogP contribution in [0.4, 0.5) is 0 Å². The number of carbonyl (C=O) groups is 1. The second-order valence-electron chi connectivity index (χ2n) is 4.65. The Kier molecular flexibility index (Phi) is 5.59. The molecular weight excluding hydrogens is 308 g/mol. The summed E-state index contributed by atoms with van der Waals surface area (Å²) in [4.78, 5) is 16.2. The van der Waals surface area contributed by atoms with Gasteiger partial charge in [-0.15, -0.1) is 11.3 Å². The van der Waals surface area contributed by atoms with Gasteiger partial charge in [0, 0.05) is 16.4 Å². The maximum Gasteiger partial charge on any atom is 0.270 e. The Hall–Kier alpha value is -1.59. The molecule has 1 atom stereocenters. The first-order chi connectivity index (χ1) is 10.1. The standard InChI is InChI=1S/C15H17ClN2O2S/c1-3-10(2)17-15(19)13-9-21-14(18-13)8-20-12-6-4-11(16)5-7-12/h4-7,9-10H,3,8H2,1-2H3,(H,17,19)/t10-/m1/s1. The molecule has 4 nitrogen and oxygen atoms in total. The minimum absolute atomic E-state index is 0.140. The van der Waals surface area contributed by atoms with Crippen LogP contribution in [0.2, 0.25) is 5.02 Å². The van der Waals surface area contributed by atoms with Gasteiger partial charge in [0.15, 0.2) is 0 Å². The van der Waals surface area contributed by atoms with Gasteiger partial charge in [-0.1, -0.05) is 18.5 Å². The molecular formula is C15H17ClN2O2S. The van der Waals surface area contributed by atoms with Gasteiger partial charge in [0.1, 0.15) is 23.1 Å². The smallest absolute Gasteiger partial charge is 0.270 e. The molecule has 112 valence electrons. The second kappa shape index (κ2) is 7.43. The molecule has 0 bridgehead atoms. The molecule has 0 aliphatic heterocycles. The van der Waals surface area contributed by atoms with Crippen molar-refractivity contribution in [1.82, 2.24) is 10.3 Å². The Labute approximate surface area is 133 Å². The van der Waals surface area contributed by atoms with E-state index in [1.54, 1.807) is 29.6 Å². The van der Waals surface area contributed by atoms with Gasteiger partial charge in [-0.05, 0) is 37.6 Å². The van der Waals surface area contributed by atoms with Crippen LogP contribution < -0.4 is 10.1 Å². The number of ether oxygens (including phenoxy) is 1. The molecule has 21 heavy (non-hydrogen) atoms. The van der Waals surface area contributed by atoms with E-state index in [1.165, 1.54) is 11.3 Å². The fraction of sp³-hybridized carbons (Fsp3) is 0.333. The molecule has 0 unspecified atom stereocenters. The minimum atomic E-state index is -0.140. The molecule has 0 aliphatic rings. The molecule has 0 fully saturated rings. The summed E-state index contributed by atoms with van der Waals surface area (Å²) in [5.41, 5.74) is 0.440. The predicted octanol–water partition coefficient (Wildman–Crippen LogP) is 3.90. The van der Waals surface area contributed by atoms with Crippen LogP contribution in [0.3, 0.4) is 0 Å². The Balaban J connectivity index is 1.91. The van der Waals surface area contributed by atoms with Crippen LogP contribution in [0.5, 0.6) is 5.75 Å². The van der Waals surface area contributed by atoms with Gasteiger partial charge < -0.3 is 10.1 Å². The van der Waals surface area contributed by atoms with Crippen molar-refractivity contribution in [3.05, 3.63) is 45.4 Å². The predicted molar refractivity (Wildman–Crippen MR) is 85.1 cm³/mol. The van der Waals surface area contributed by atoms with Crippen LogP contribution in [0.1, 0.15) is 35.8 Å². The molecule has 1 N–H and O–H groups in total. The number of hydrogen-bond donors (Lipinski definition) is 1. The van der Waals surface area contributed by atoms with Gasteiger partial charge in [0.05, 0.1) is 0 Å². The van der Waals surface area contributed by atoms with Crippen LogP contribution in [-0.4, -0.2) is 16.9 Å². The molecule has 1 heterocycles. The number of rotatable bonds is 6. The molecule has 0 saturated heterocycles. The average molecular weight is 325 g/mol. The van der Waals surface area contributed by atoms with Crippen LogP contribution in [0.25, 0.3) is 0 Å². The normalized spacial score (nSPS) is 12.0. The van der Waals surface area contributed by atoms with Crippen LogP contribution in [0, 0.1) is 0 Å². The summed E-state index contributed by atoms with van der Waals surface area (Å²) in [5, 5.41) is 6.07. The molecule has 1 amide bonds. The van der Waals surface area contributed by atoms with Crippen molar-refractivity contribution in [3.63, 3.8) is 0 Å². The Morgan fingerprint density at radius 1 is 1.43 bits per heavy atom. The van der Waals surface area contributed by atoms with E-state index in [-0.39, 0.29) is 11.9 Å². The summed E-state index contributed by atoms with van der Waals surface area (Å²) >= 11 is 7.22. The lowest BCUT2D eigenvalue weighted by Gasteiger charge is -2.09. The van der Waals surface area contributed by atoms with E-state index >= 15 is 0 Å². The second-order valence-corrected chi connectivity index (χ2v) is 6.03. The molecule has 1 aromatic heterocycles. The Morgan fingerprint density at radius 3 is 2.81 bits per heavy atom. The van der Waals surface area contributed by atoms with E-state index in [0.717, 1.165) is 17.2 Å². The molecule has 0 radical (unpaired) electrons. The summed E-state index contributed by atoms with van der Waals surface area (Å²) in [6.07, 6.45) is 0.891. The summed E-state index contributed by atoms with van der Waals surface area (Å²) in [6, 6.07) is 7.28. The summed E-state index contributed by atoms with van der Waals surface area (Å²) in [7, 11) is 0. The molecule has 0 aliphatic carbocycles. The fourth-order valence-electron chi connectivity index (χ4n) is 1.56. The first-order valence-electron chi connectivity index (χ1n) is 6.72. The third kappa shape index (κ3) is 4.72. The number of carbonyl (C=O) groups excluding carboxylic acids is 1. The van der Waals surface area contributed by atoms with Gasteiger partial charge >= 0.3 is 0 Å². The van der Waals surface area contributed by atoms with Crippen molar-refractivity contribution in [1.29, 1.82) is 0 Å². The van der Waals surface area contributed by atoms with Gasteiger partial charge in [-0.25, -0.2) is 4.98 Å². The maximum atomic E-state index is 11.9. The number of amides is 1. The highest BCUT2D eigenvalue weighted by molar-refractivity contribution is 7.09. The zero-order valence-electron chi connectivity index (χ0n) is 11.9. The first kappa shape index (κ1) is 15.8. The van der Waals surface area contributed by atoms with Gasteiger partial charge in [-0.2, -0.15) is 0 Å². The van der Waals surface area contributed by atoms with E-state index in [1.807, 2.05) is 13.8 Å². The van der Waals surface area contributed by atoms with E-state index in [9.17, 15) is 4.79 Å². The van der Waals surface area contributed by atoms with E-state index in [0.29, 0.717) is 17.3 Å². The number of aromatic nitrogens is 1. The lowest BCUT2D eigenvalue weighted by Crippen LogP contribution is -2.32. The van der Waals surface area contributed by atoms with Gasteiger partial charge in [0.25, 0.3) is 5.91 Å². The largest absolute Gasteiger partial charge is 0.486 e. The van der Waals surface area contributed by atoms with Crippen molar-refractivity contribution < 1.29 is 9.53 Å². The van der Waals surface area contributed by atoms with E-state index < -0.39 is 0 Å².